The highest BCUT2D eigenvalue weighted by molar-refractivity contribution is 7.17. The van der Waals surface area contributed by atoms with Gasteiger partial charge in [0.25, 0.3) is 5.91 Å². The third-order valence-electron chi connectivity index (χ3n) is 3.99. The van der Waals surface area contributed by atoms with Crippen LogP contribution in [0.3, 0.4) is 0 Å². The minimum atomic E-state index is -0.0400. The fourth-order valence-electron chi connectivity index (χ4n) is 2.78. The molecule has 1 unspecified atom stereocenters. The summed E-state index contributed by atoms with van der Waals surface area (Å²) in [6.07, 6.45) is 4.39. The molecule has 3 aromatic heterocycles. The van der Waals surface area contributed by atoms with Crippen LogP contribution in [0.15, 0.2) is 47.4 Å². The van der Waals surface area contributed by atoms with E-state index < -0.39 is 0 Å². The van der Waals surface area contributed by atoms with Gasteiger partial charge in [0.1, 0.15) is 15.7 Å². The van der Waals surface area contributed by atoms with Crippen LogP contribution in [0.25, 0.3) is 10.6 Å². The standard InChI is InChI=1S/C17H16N4OS2/c22-16(14-9-19-17(24-14)12-5-8-23-11-12)20-13-4-7-21(10-13)15-3-1-2-6-18-15/h1-3,5-6,8-9,11,13H,4,7,10H2,(H,20,22). The molecule has 0 saturated carbocycles. The Hall–Kier alpha value is -2.25. The molecule has 0 spiro atoms. The summed E-state index contributed by atoms with van der Waals surface area (Å²) in [5.41, 5.74) is 1.08. The van der Waals surface area contributed by atoms with Gasteiger partial charge in [-0.05, 0) is 30.0 Å². The number of hydrogen-bond acceptors (Lipinski definition) is 6. The summed E-state index contributed by atoms with van der Waals surface area (Å²) < 4.78 is 0. The molecule has 24 heavy (non-hydrogen) atoms. The number of aromatic nitrogens is 2. The molecule has 0 aliphatic carbocycles. The number of amides is 1. The molecule has 1 aliphatic heterocycles. The number of anilines is 1. The lowest BCUT2D eigenvalue weighted by Gasteiger charge is -2.17. The van der Waals surface area contributed by atoms with Gasteiger partial charge in [0.15, 0.2) is 0 Å². The van der Waals surface area contributed by atoms with Crippen LogP contribution in [0.2, 0.25) is 0 Å². The van der Waals surface area contributed by atoms with Crippen molar-refractivity contribution in [2.24, 2.45) is 0 Å². The maximum Gasteiger partial charge on any atom is 0.263 e. The second-order valence-corrected chi connectivity index (χ2v) is 7.45. The molecule has 4 heterocycles. The normalized spacial score (nSPS) is 17.2. The number of nitrogens with one attached hydrogen (secondary N) is 1. The van der Waals surface area contributed by atoms with Crippen molar-refractivity contribution in [1.29, 1.82) is 0 Å². The summed E-state index contributed by atoms with van der Waals surface area (Å²) in [5.74, 6) is 0.925. The molecule has 3 aromatic rings. The van der Waals surface area contributed by atoms with Crippen molar-refractivity contribution in [1.82, 2.24) is 15.3 Å². The first-order valence-electron chi connectivity index (χ1n) is 7.75. The Labute approximate surface area is 148 Å². The van der Waals surface area contributed by atoms with Crippen LogP contribution in [0, 0.1) is 0 Å². The lowest BCUT2D eigenvalue weighted by Crippen LogP contribution is -2.36. The van der Waals surface area contributed by atoms with Gasteiger partial charge < -0.3 is 10.2 Å². The van der Waals surface area contributed by atoms with Crippen LogP contribution in [0.1, 0.15) is 16.1 Å². The predicted octanol–water partition coefficient (Wildman–Crippen LogP) is 3.28. The average molecular weight is 356 g/mol. The van der Waals surface area contributed by atoms with Crippen molar-refractivity contribution >= 4 is 34.4 Å². The number of carbonyl (C=O) groups is 1. The summed E-state index contributed by atoms with van der Waals surface area (Å²) in [6.45, 7) is 1.70. The molecule has 1 fully saturated rings. The van der Waals surface area contributed by atoms with Gasteiger partial charge in [-0.1, -0.05) is 6.07 Å². The van der Waals surface area contributed by atoms with Gasteiger partial charge in [0.05, 0.1) is 6.20 Å². The maximum atomic E-state index is 12.5. The van der Waals surface area contributed by atoms with E-state index in [-0.39, 0.29) is 11.9 Å². The van der Waals surface area contributed by atoms with Crippen LogP contribution in [-0.4, -0.2) is 35.0 Å². The molecule has 0 aromatic carbocycles. The predicted molar refractivity (Wildman–Crippen MR) is 97.7 cm³/mol. The zero-order chi connectivity index (χ0) is 16.4. The van der Waals surface area contributed by atoms with Gasteiger partial charge in [-0.2, -0.15) is 11.3 Å². The molecule has 4 rings (SSSR count). The molecule has 122 valence electrons. The first kappa shape index (κ1) is 15.3. The third-order valence-corrected chi connectivity index (χ3v) is 5.72. The minimum absolute atomic E-state index is 0.0400. The number of thiazole rings is 1. The fraction of sp³-hybridized carbons (Fsp3) is 0.235. The van der Waals surface area contributed by atoms with Crippen molar-refractivity contribution in [3.63, 3.8) is 0 Å². The van der Waals surface area contributed by atoms with E-state index in [1.54, 1.807) is 23.7 Å². The van der Waals surface area contributed by atoms with Crippen LogP contribution < -0.4 is 10.2 Å². The number of pyridine rings is 1. The summed E-state index contributed by atoms with van der Waals surface area (Å²) in [7, 11) is 0. The second kappa shape index (κ2) is 6.70. The fourth-order valence-corrected chi connectivity index (χ4v) is 4.31. The highest BCUT2D eigenvalue weighted by Crippen LogP contribution is 2.27. The Bertz CT molecular complexity index is 816. The van der Waals surface area contributed by atoms with Crippen LogP contribution in [-0.2, 0) is 0 Å². The monoisotopic (exact) mass is 356 g/mol. The Morgan fingerprint density at radius 3 is 3.04 bits per heavy atom. The zero-order valence-electron chi connectivity index (χ0n) is 12.9. The molecule has 1 aliphatic rings. The molecule has 1 atom stereocenters. The molecule has 1 N–H and O–H groups in total. The second-order valence-electron chi connectivity index (χ2n) is 5.63. The van der Waals surface area contributed by atoms with E-state index >= 15 is 0 Å². The quantitative estimate of drug-likeness (QED) is 0.779. The topological polar surface area (TPSA) is 58.1 Å². The first-order valence-corrected chi connectivity index (χ1v) is 9.51. The molecular weight excluding hydrogens is 340 g/mol. The largest absolute Gasteiger partial charge is 0.354 e. The van der Waals surface area contributed by atoms with Gasteiger partial charge in [-0.25, -0.2) is 9.97 Å². The van der Waals surface area contributed by atoms with Gasteiger partial charge in [0, 0.05) is 36.3 Å². The highest BCUT2D eigenvalue weighted by Gasteiger charge is 2.25. The number of hydrogen-bond donors (Lipinski definition) is 1. The summed E-state index contributed by atoms with van der Waals surface area (Å²) >= 11 is 3.07. The van der Waals surface area contributed by atoms with Crippen molar-refractivity contribution in [3.8, 4) is 10.6 Å². The van der Waals surface area contributed by atoms with E-state index in [9.17, 15) is 4.79 Å². The van der Waals surface area contributed by atoms with Crippen LogP contribution in [0.5, 0.6) is 0 Å². The van der Waals surface area contributed by atoms with Gasteiger partial charge in [-0.3, -0.25) is 4.79 Å². The molecule has 5 nitrogen and oxygen atoms in total. The molecular formula is C17H16N4OS2. The smallest absolute Gasteiger partial charge is 0.263 e. The van der Waals surface area contributed by atoms with Gasteiger partial charge in [-0.15, -0.1) is 11.3 Å². The number of rotatable bonds is 4. The summed E-state index contributed by atoms with van der Waals surface area (Å²) in [5, 5.41) is 8.07. The number of carbonyl (C=O) groups excluding carboxylic acids is 1. The van der Waals surface area contributed by atoms with Gasteiger partial charge >= 0.3 is 0 Å². The van der Waals surface area contributed by atoms with Crippen molar-refractivity contribution in [2.45, 2.75) is 12.5 Å². The van der Waals surface area contributed by atoms with Crippen LogP contribution >= 0.6 is 22.7 Å². The molecule has 0 radical (unpaired) electrons. The Balaban J connectivity index is 1.39. The van der Waals surface area contributed by atoms with E-state index in [0.29, 0.717) is 4.88 Å². The Morgan fingerprint density at radius 2 is 2.25 bits per heavy atom. The SMILES string of the molecule is O=C(NC1CCN(c2ccccn2)C1)c1cnc(-c2ccsc2)s1. The van der Waals surface area contributed by atoms with Crippen LogP contribution in [0.4, 0.5) is 5.82 Å². The van der Waals surface area contributed by atoms with Crippen molar-refractivity contribution in [3.05, 3.63) is 52.3 Å². The Kier molecular flexibility index (Phi) is 4.27. The van der Waals surface area contributed by atoms with E-state index in [1.807, 2.05) is 35.0 Å². The van der Waals surface area contributed by atoms with E-state index in [0.717, 1.165) is 35.9 Å². The number of nitrogens with zero attached hydrogens (tertiary/aromatic N) is 3. The molecule has 7 heteroatoms. The first-order chi connectivity index (χ1) is 11.8. The van der Waals surface area contributed by atoms with Gasteiger partial charge in [0.2, 0.25) is 0 Å². The molecule has 0 bridgehead atoms. The minimum Gasteiger partial charge on any atom is -0.354 e. The summed E-state index contributed by atoms with van der Waals surface area (Å²) in [6, 6.07) is 8.06. The Morgan fingerprint density at radius 1 is 1.29 bits per heavy atom. The van der Waals surface area contributed by atoms with E-state index in [2.05, 4.69) is 20.2 Å². The highest BCUT2D eigenvalue weighted by atomic mass is 32.1. The maximum absolute atomic E-state index is 12.5. The number of thiophene rings is 1. The van der Waals surface area contributed by atoms with E-state index in [1.165, 1.54) is 11.3 Å². The van der Waals surface area contributed by atoms with Crippen molar-refractivity contribution < 1.29 is 4.79 Å². The molecule has 1 amide bonds. The zero-order valence-corrected chi connectivity index (χ0v) is 14.5. The lowest BCUT2D eigenvalue weighted by molar-refractivity contribution is 0.0944. The average Bonchev–Trinajstić information content (AvgIpc) is 3.36. The lowest BCUT2D eigenvalue weighted by atomic mass is 10.2. The molecule has 1 saturated heterocycles. The van der Waals surface area contributed by atoms with Crippen molar-refractivity contribution in [2.75, 3.05) is 18.0 Å². The summed E-state index contributed by atoms with van der Waals surface area (Å²) in [4.78, 5) is 24.0. The van der Waals surface area contributed by atoms with E-state index in [4.69, 9.17) is 0 Å². The third kappa shape index (κ3) is 3.18.